The van der Waals surface area contributed by atoms with Crippen molar-refractivity contribution in [1.82, 2.24) is 9.62 Å². The molecule has 1 saturated heterocycles. The molecule has 2 N–H and O–H groups in total. The van der Waals surface area contributed by atoms with Crippen molar-refractivity contribution in [1.29, 1.82) is 0 Å². The Labute approximate surface area is 129 Å². The van der Waals surface area contributed by atoms with E-state index >= 15 is 0 Å². The van der Waals surface area contributed by atoms with Gasteiger partial charge in [-0.25, -0.2) is 13.1 Å². The molecule has 0 aromatic heterocycles. The Hall–Kier alpha value is -0.170. The zero-order valence-electron chi connectivity index (χ0n) is 13.3. The zero-order chi connectivity index (χ0) is 15.5. The van der Waals surface area contributed by atoms with E-state index in [0.717, 1.165) is 19.4 Å². The van der Waals surface area contributed by atoms with Gasteiger partial charge in [-0.05, 0) is 45.6 Å². The predicted molar refractivity (Wildman–Crippen MR) is 84.6 cm³/mol. The van der Waals surface area contributed by atoms with Gasteiger partial charge < -0.3 is 5.11 Å². The molecule has 6 heteroatoms. The first-order valence-electron chi connectivity index (χ1n) is 8.30. The molecule has 1 saturated carbocycles. The molecule has 2 rings (SSSR count). The molecule has 0 radical (unpaired) electrons. The minimum Gasteiger partial charge on any atom is -0.392 e. The summed E-state index contributed by atoms with van der Waals surface area (Å²) in [4.78, 5) is 2.11. The van der Waals surface area contributed by atoms with Crippen LogP contribution in [0.4, 0.5) is 0 Å². The lowest BCUT2D eigenvalue weighted by molar-refractivity contribution is 0.0545. The summed E-state index contributed by atoms with van der Waals surface area (Å²) in [6.07, 6.45) is 6.32. The SMILES string of the molecule is CC(C)NS(=O)(=O)[C@H]1CCN(C[C@H](O)C2CCCCC2)C1. The Bertz CT molecular complexity index is 419. The maximum atomic E-state index is 12.2. The molecule has 1 aliphatic heterocycles. The number of nitrogens with zero attached hydrogens (tertiary/aromatic N) is 1. The number of rotatable bonds is 6. The molecule has 1 heterocycles. The summed E-state index contributed by atoms with van der Waals surface area (Å²) in [6, 6.07) is -0.0584. The highest BCUT2D eigenvalue weighted by molar-refractivity contribution is 7.90. The maximum absolute atomic E-state index is 12.2. The molecule has 2 fully saturated rings. The monoisotopic (exact) mass is 318 g/mol. The molecule has 5 nitrogen and oxygen atoms in total. The van der Waals surface area contributed by atoms with Gasteiger partial charge in [0, 0.05) is 19.1 Å². The van der Waals surface area contributed by atoms with Crippen LogP contribution in [0.5, 0.6) is 0 Å². The molecule has 0 amide bonds. The summed E-state index contributed by atoms with van der Waals surface area (Å²) < 4.78 is 27.0. The first kappa shape index (κ1) is 17.2. The van der Waals surface area contributed by atoms with Gasteiger partial charge in [0.05, 0.1) is 11.4 Å². The molecule has 0 aromatic carbocycles. The minimum absolute atomic E-state index is 0.0584. The lowest BCUT2D eigenvalue weighted by Crippen LogP contribution is -2.41. The lowest BCUT2D eigenvalue weighted by atomic mass is 9.85. The smallest absolute Gasteiger partial charge is 0.216 e. The van der Waals surface area contributed by atoms with Crippen molar-refractivity contribution in [2.45, 2.75) is 69.8 Å². The normalized spacial score (nSPS) is 27.3. The van der Waals surface area contributed by atoms with Crippen molar-refractivity contribution >= 4 is 10.0 Å². The molecular formula is C15H30N2O3S. The third-order valence-corrected chi connectivity index (χ3v) is 6.77. The van der Waals surface area contributed by atoms with Gasteiger partial charge >= 0.3 is 0 Å². The quantitative estimate of drug-likeness (QED) is 0.775. The van der Waals surface area contributed by atoms with E-state index in [1.54, 1.807) is 0 Å². The van der Waals surface area contributed by atoms with Gasteiger partial charge in [0.15, 0.2) is 0 Å². The van der Waals surface area contributed by atoms with Crippen molar-refractivity contribution < 1.29 is 13.5 Å². The van der Waals surface area contributed by atoms with Crippen LogP contribution >= 0.6 is 0 Å². The highest BCUT2D eigenvalue weighted by atomic mass is 32.2. The largest absolute Gasteiger partial charge is 0.392 e. The highest BCUT2D eigenvalue weighted by Crippen LogP contribution is 2.27. The Morgan fingerprint density at radius 3 is 2.48 bits per heavy atom. The summed E-state index contributed by atoms with van der Waals surface area (Å²) in [6.45, 7) is 5.63. The number of β-amino-alcohol motifs (C(OH)–C–C–N with tert-alkyl or cyclic N) is 1. The van der Waals surface area contributed by atoms with Crippen molar-refractivity contribution in [3.8, 4) is 0 Å². The summed E-state index contributed by atoms with van der Waals surface area (Å²) >= 11 is 0. The van der Waals surface area contributed by atoms with Gasteiger partial charge in [0.25, 0.3) is 0 Å². The van der Waals surface area contributed by atoms with Gasteiger partial charge in [-0.2, -0.15) is 0 Å². The molecule has 21 heavy (non-hydrogen) atoms. The average molecular weight is 318 g/mol. The molecular weight excluding hydrogens is 288 g/mol. The van der Waals surface area contributed by atoms with Crippen LogP contribution in [0.25, 0.3) is 0 Å². The van der Waals surface area contributed by atoms with Crippen LogP contribution in [-0.4, -0.2) is 55.5 Å². The number of likely N-dealkylation sites (tertiary alicyclic amines) is 1. The third-order valence-electron chi connectivity index (χ3n) is 4.71. The number of hydrogen-bond acceptors (Lipinski definition) is 4. The first-order valence-corrected chi connectivity index (χ1v) is 9.84. The van der Waals surface area contributed by atoms with E-state index in [4.69, 9.17) is 0 Å². The fraction of sp³-hybridized carbons (Fsp3) is 1.00. The van der Waals surface area contributed by atoms with Gasteiger partial charge in [0.1, 0.15) is 0 Å². The van der Waals surface area contributed by atoms with Gasteiger partial charge in [-0.15, -0.1) is 0 Å². The fourth-order valence-electron chi connectivity index (χ4n) is 3.57. The number of nitrogens with one attached hydrogen (secondary N) is 1. The highest BCUT2D eigenvalue weighted by Gasteiger charge is 2.35. The lowest BCUT2D eigenvalue weighted by Gasteiger charge is -2.29. The van der Waals surface area contributed by atoms with Crippen LogP contribution in [0.1, 0.15) is 52.4 Å². The summed E-state index contributed by atoms with van der Waals surface area (Å²) in [5.41, 5.74) is 0. The van der Waals surface area contributed by atoms with E-state index in [-0.39, 0.29) is 17.4 Å². The molecule has 0 unspecified atom stereocenters. The van der Waals surface area contributed by atoms with Crippen LogP contribution in [0, 0.1) is 5.92 Å². The van der Waals surface area contributed by atoms with Crippen molar-refractivity contribution in [3.05, 3.63) is 0 Å². The molecule has 124 valence electrons. The first-order chi connectivity index (χ1) is 9.88. The van der Waals surface area contributed by atoms with Crippen LogP contribution < -0.4 is 4.72 Å². The Kier molecular flexibility index (Phi) is 6.05. The van der Waals surface area contributed by atoms with Crippen LogP contribution in [-0.2, 0) is 10.0 Å². The van der Waals surface area contributed by atoms with Crippen molar-refractivity contribution in [2.75, 3.05) is 19.6 Å². The van der Waals surface area contributed by atoms with Crippen molar-refractivity contribution in [2.24, 2.45) is 5.92 Å². The zero-order valence-corrected chi connectivity index (χ0v) is 14.1. The van der Waals surface area contributed by atoms with Gasteiger partial charge in [0.2, 0.25) is 10.0 Å². The van der Waals surface area contributed by atoms with Crippen molar-refractivity contribution in [3.63, 3.8) is 0 Å². The molecule has 2 aliphatic rings. The van der Waals surface area contributed by atoms with Gasteiger partial charge in [-0.1, -0.05) is 19.3 Å². The third kappa shape index (κ3) is 4.91. The van der Waals surface area contributed by atoms with Crippen LogP contribution in [0.2, 0.25) is 0 Å². The van der Waals surface area contributed by atoms with E-state index in [9.17, 15) is 13.5 Å². The number of hydrogen-bond donors (Lipinski definition) is 2. The summed E-state index contributed by atoms with van der Waals surface area (Å²) in [5, 5.41) is 10.0. The fourth-order valence-corrected chi connectivity index (χ4v) is 5.25. The molecule has 1 aliphatic carbocycles. The maximum Gasteiger partial charge on any atom is 0.216 e. The number of sulfonamides is 1. The summed E-state index contributed by atoms with van der Waals surface area (Å²) in [5.74, 6) is 0.406. The average Bonchev–Trinajstić information content (AvgIpc) is 2.87. The second-order valence-corrected chi connectivity index (χ2v) is 8.95. The van der Waals surface area contributed by atoms with Crippen LogP contribution in [0.3, 0.4) is 0 Å². The topological polar surface area (TPSA) is 69.6 Å². The Balaban J connectivity index is 1.82. The van der Waals surface area contributed by atoms with E-state index in [0.29, 0.717) is 25.4 Å². The van der Waals surface area contributed by atoms with E-state index in [1.807, 2.05) is 13.8 Å². The standard InChI is InChI=1S/C15H30N2O3S/c1-12(2)16-21(19,20)14-8-9-17(10-14)11-15(18)13-6-4-3-5-7-13/h12-16,18H,3-11H2,1-2H3/t14-,15-/m0/s1. The second kappa shape index (κ2) is 7.40. The minimum atomic E-state index is -3.23. The van der Waals surface area contributed by atoms with E-state index < -0.39 is 10.0 Å². The Morgan fingerprint density at radius 2 is 1.86 bits per heavy atom. The molecule has 2 atom stereocenters. The molecule has 0 bridgehead atoms. The molecule has 0 aromatic rings. The van der Waals surface area contributed by atoms with Crippen LogP contribution in [0.15, 0.2) is 0 Å². The van der Waals surface area contributed by atoms with E-state index in [2.05, 4.69) is 9.62 Å². The Morgan fingerprint density at radius 1 is 1.19 bits per heavy atom. The summed E-state index contributed by atoms with van der Waals surface area (Å²) in [7, 11) is -3.23. The van der Waals surface area contributed by atoms with Gasteiger partial charge in [-0.3, -0.25) is 4.90 Å². The predicted octanol–water partition coefficient (Wildman–Crippen LogP) is 1.33. The number of aliphatic hydroxyl groups excluding tert-OH is 1. The second-order valence-electron chi connectivity index (χ2n) is 6.95. The number of aliphatic hydroxyl groups is 1. The molecule has 0 spiro atoms. The van der Waals surface area contributed by atoms with E-state index in [1.165, 1.54) is 19.3 Å².